The number of fused-ring (bicyclic) bond motifs is 1. The minimum absolute atomic E-state index is 0.0422. The van der Waals surface area contributed by atoms with Crippen LogP contribution in [-0.2, 0) is 4.74 Å². The van der Waals surface area contributed by atoms with Gasteiger partial charge in [-0.2, -0.15) is 0 Å². The standard InChI is InChI=1S/C16H25N3OS/c1-7-17-13-11-9-10(3)21-15(11)19-14(18-13)12(20-8-2)16(4,5)6/h9,12H,7-8H2,1-6H3,(H,17,18,19). The van der Waals surface area contributed by atoms with Gasteiger partial charge in [0.15, 0.2) is 5.82 Å². The molecule has 21 heavy (non-hydrogen) atoms. The number of anilines is 1. The minimum Gasteiger partial charge on any atom is -0.370 e. The number of hydrogen-bond donors (Lipinski definition) is 1. The van der Waals surface area contributed by atoms with E-state index in [1.165, 1.54) is 4.88 Å². The Labute approximate surface area is 131 Å². The molecule has 0 aromatic carbocycles. The molecule has 2 rings (SSSR count). The van der Waals surface area contributed by atoms with Crippen LogP contribution in [0.3, 0.4) is 0 Å². The lowest BCUT2D eigenvalue weighted by atomic mass is 9.88. The van der Waals surface area contributed by atoms with Gasteiger partial charge in [0.25, 0.3) is 0 Å². The molecule has 0 amide bonds. The van der Waals surface area contributed by atoms with E-state index in [9.17, 15) is 0 Å². The number of hydrogen-bond acceptors (Lipinski definition) is 5. The van der Waals surface area contributed by atoms with Crippen molar-refractivity contribution in [3.05, 3.63) is 16.8 Å². The summed E-state index contributed by atoms with van der Waals surface area (Å²) in [5.74, 6) is 1.69. The summed E-state index contributed by atoms with van der Waals surface area (Å²) >= 11 is 1.71. The van der Waals surface area contributed by atoms with Crippen LogP contribution in [0.25, 0.3) is 10.2 Å². The lowest BCUT2D eigenvalue weighted by Gasteiger charge is -2.29. The third-order valence-electron chi connectivity index (χ3n) is 3.23. The Morgan fingerprint density at radius 2 is 2.00 bits per heavy atom. The second-order valence-electron chi connectivity index (χ2n) is 6.24. The van der Waals surface area contributed by atoms with Crippen molar-refractivity contribution in [1.82, 2.24) is 9.97 Å². The van der Waals surface area contributed by atoms with Crippen LogP contribution in [-0.4, -0.2) is 23.1 Å². The molecule has 2 aromatic rings. The average molecular weight is 307 g/mol. The van der Waals surface area contributed by atoms with Gasteiger partial charge in [0.2, 0.25) is 0 Å². The molecule has 2 aromatic heterocycles. The Morgan fingerprint density at radius 1 is 1.29 bits per heavy atom. The zero-order valence-corrected chi connectivity index (χ0v) is 14.6. The SMILES string of the molecule is CCNc1nc(C(OCC)C(C)(C)C)nc2sc(C)cc12. The van der Waals surface area contributed by atoms with Gasteiger partial charge in [-0.1, -0.05) is 20.8 Å². The molecule has 2 heterocycles. The molecule has 4 nitrogen and oxygen atoms in total. The highest BCUT2D eigenvalue weighted by molar-refractivity contribution is 7.18. The summed E-state index contributed by atoms with van der Waals surface area (Å²) in [5, 5.41) is 4.46. The van der Waals surface area contributed by atoms with Crippen LogP contribution in [0.4, 0.5) is 5.82 Å². The summed E-state index contributed by atoms with van der Waals surface area (Å²) in [6.07, 6.45) is -0.105. The van der Waals surface area contributed by atoms with Crippen LogP contribution in [0.5, 0.6) is 0 Å². The summed E-state index contributed by atoms with van der Waals surface area (Å²) in [6.45, 7) is 14.2. The Bertz CT molecular complexity index is 616. The van der Waals surface area contributed by atoms with Crippen molar-refractivity contribution in [2.75, 3.05) is 18.5 Å². The van der Waals surface area contributed by atoms with E-state index in [0.29, 0.717) is 6.61 Å². The Hall–Kier alpha value is -1.20. The Morgan fingerprint density at radius 3 is 2.57 bits per heavy atom. The van der Waals surface area contributed by atoms with Crippen molar-refractivity contribution in [3.8, 4) is 0 Å². The topological polar surface area (TPSA) is 47.0 Å². The molecule has 116 valence electrons. The zero-order chi connectivity index (χ0) is 15.6. The molecule has 0 saturated heterocycles. The molecule has 0 fully saturated rings. The molecular formula is C16H25N3OS. The average Bonchev–Trinajstić information content (AvgIpc) is 2.75. The van der Waals surface area contributed by atoms with Crippen molar-refractivity contribution in [1.29, 1.82) is 0 Å². The monoisotopic (exact) mass is 307 g/mol. The van der Waals surface area contributed by atoms with Crippen molar-refractivity contribution < 1.29 is 4.74 Å². The van der Waals surface area contributed by atoms with Crippen LogP contribution < -0.4 is 5.32 Å². The van der Waals surface area contributed by atoms with Crippen LogP contribution in [0.1, 0.15) is 51.4 Å². The first kappa shape index (κ1) is 16.2. The molecule has 1 atom stereocenters. The second kappa shape index (κ2) is 6.28. The highest BCUT2D eigenvalue weighted by Crippen LogP contribution is 2.37. The van der Waals surface area contributed by atoms with Crippen molar-refractivity contribution in [3.63, 3.8) is 0 Å². The normalized spacial score (nSPS) is 13.6. The number of thiophene rings is 1. The Balaban J connectivity index is 2.56. The van der Waals surface area contributed by atoms with Gasteiger partial charge in [0.05, 0.1) is 5.39 Å². The van der Waals surface area contributed by atoms with Gasteiger partial charge in [-0.25, -0.2) is 9.97 Å². The predicted molar refractivity (Wildman–Crippen MR) is 90.1 cm³/mol. The largest absolute Gasteiger partial charge is 0.370 e. The lowest BCUT2D eigenvalue weighted by Crippen LogP contribution is -2.24. The van der Waals surface area contributed by atoms with Crippen LogP contribution >= 0.6 is 11.3 Å². The molecule has 1 N–H and O–H groups in total. The number of rotatable bonds is 5. The predicted octanol–water partition coefficient (Wildman–Crippen LogP) is 4.56. The smallest absolute Gasteiger partial charge is 0.161 e. The number of ether oxygens (including phenoxy) is 1. The van der Waals surface area contributed by atoms with E-state index in [-0.39, 0.29) is 11.5 Å². The van der Waals surface area contributed by atoms with E-state index in [1.54, 1.807) is 11.3 Å². The molecule has 0 radical (unpaired) electrons. The molecule has 0 saturated carbocycles. The number of aromatic nitrogens is 2. The van der Waals surface area contributed by atoms with Gasteiger partial charge >= 0.3 is 0 Å². The van der Waals surface area contributed by atoms with Crippen LogP contribution in [0, 0.1) is 12.3 Å². The zero-order valence-electron chi connectivity index (χ0n) is 13.8. The van der Waals surface area contributed by atoms with E-state index >= 15 is 0 Å². The van der Waals surface area contributed by atoms with E-state index in [1.807, 2.05) is 6.92 Å². The van der Waals surface area contributed by atoms with E-state index < -0.39 is 0 Å². The summed E-state index contributed by atoms with van der Waals surface area (Å²) < 4.78 is 5.93. The van der Waals surface area contributed by atoms with Gasteiger partial charge in [-0.05, 0) is 32.3 Å². The lowest BCUT2D eigenvalue weighted by molar-refractivity contribution is -0.0187. The first-order valence-electron chi connectivity index (χ1n) is 7.50. The maximum Gasteiger partial charge on any atom is 0.161 e. The minimum atomic E-state index is -0.105. The molecule has 1 unspecified atom stereocenters. The Kier molecular flexibility index (Phi) is 4.84. The molecule has 0 aliphatic rings. The van der Waals surface area contributed by atoms with Gasteiger partial charge in [0.1, 0.15) is 16.8 Å². The highest BCUT2D eigenvalue weighted by atomic mass is 32.1. The maximum absolute atomic E-state index is 5.93. The van der Waals surface area contributed by atoms with Crippen LogP contribution in [0.2, 0.25) is 0 Å². The first-order chi connectivity index (χ1) is 9.86. The fourth-order valence-corrected chi connectivity index (χ4v) is 3.24. The molecule has 0 aliphatic carbocycles. The van der Waals surface area contributed by atoms with Gasteiger partial charge in [-0.15, -0.1) is 11.3 Å². The van der Waals surface area contributed by atoms with Crippen LogP contribution in [0.15, 0.2) is 6.07 Å². The molecule has 0 aliphatic heterocycles. The summed E-state index contributed by atoms with van der Waals surface area (Å²) in [4.78, 5) is 11.8. The fourth-order valence-electron chi connectivity index (χ4n) is 2.36. The second-order valence-corrected chi connectivity index (χ2v) is 7.47. The van der Waals surface area contributed by atoms with Crippen molar-refractivity contribution >= 4 is 27.4 Å². The summed E-state index contributed by atoms with van der Waals surface area (Å²) in [6, 6.07) is 2.15. The van der Waals surface area contributed by atoms with E-state index in [2.05, 4.69) is 46.0 Å². The molecule has 0 spiro atoms. The van der Waals surface area contributed by atoms with Gasteiger partial charge in [0, 0.05) is 18.0 Å². The third-order valence-corrected chi connectivity index (χ3v) is 4.18. The van der Waals surface area contributed by atoms with E-state index in [4.69, 9.17) is 14.7 Å². The van der Waals surface area contributed by atoms with E-state index in [0.717, 1.165) is 28.4 Å². The van der Waals surface area contributed by atoms with Crippen molar-refractivity contribution in [2.24, 2.45) is 5.41 Å². The summed E-state index contributed by atoms with van der Waals surface area (Å²) in [7, 11) is 0. The molecule has 0 bridgehead atoms. The van der Waals surface area contributed by atoms with Gasteiger partial charge in [-0.3, -0.25) is 0 Å². The van der Waals surface area contributed by atoms with Gasteiger partial charge < -0.3 is 10.1 Å². The maximum atomic E-state index is 5.93. The number of nitrogens with one attached hydrogen (secondary N) is 1. The number of aryl methyl sites for hydroxylation is 1. The molecule has 5 heteroatoms. The number of nitrogens with zero attached hydrogens (tertiary/aromatic N) is 2. The summed E-state index contributed by atoms with van der Waals surface area (Å²) in [5.41, 5.74) is -0.0422. The fraction of sp³-hybridized carbons (Fsp3) is 0.625. The third kappa shape index (κ3) is 3.52. The quantitative estimate of drug-likeness (QED) is 0.880. The molecular weight excluding hydrogens is 282 g/mol. The van der Waals surface area contributed by atoms with Crippen molar-refractivity contribution in [2.45, 2.75) is 47.6 Å². The first-order valence-corrected chi connectivity index (χ1v) is 8.32. The highest BCUT2D eigenvalue weighted by Gasteiger charge is 2.30.